The number of nitrogens with two attached hydrogens (primary N) is 1. The fourth-order valence-electron chi connectivity index (χ4n) is 1.46. The molecule has 0 aliphatic heterocycles. The van der Waals surface area contributed by atoms with E-state index in [-0.39, 0.29) is 22.5 Å². The van der Waals surface area contributed by atoms with Crippen LogP contribution in [-0.4, -0.2) is 21.2 Å². The monoisotopic (exact) mass is 304 g/mol. The number of nitrogen functional groups attached to an aromatic ring is 1. The topological polar surface area (TPSA) is 64.7 Å². The van der Waals surface area contributed by atoms with Gasteiger partial charge in [-0.05, 0) is 24.5 Å². The summed E-state index contributed by atoms with van der Waals surface area (Å²) in [7, 11) is 0. The van der Waals surface area contributed by atoms with Crippen LogP contribution in [0.3, 0.4) is 0 Å². The molecule has 0 unspecified atom stereocenters. The van der Waals surface area contributed by atoms with Crippen LogP contribution in [0.1, 0.15) is 5.56 Å². The largest absolute Gasteiger partial charge is 0.416 e. The van der Waals surface area contributed by atoms with Gasteiger partial charge in [-0.25, -0.2) is 9.37 Å². The summed E-state index contributed by atoms with van der Waals surface area (Å²) >= 11 is 1.12. The standard InChI is InChI=1S/C11H8F4N4S/c1-20-10-18-8(17-9(16)19-10)6-4-5(11(13,14)15)2-3-7(6)12/h2-4H,1H3,(H2,16,17,18,19). The Kier molecular flexibility index (Phi) is 3.80. The third-order valence-corrected chi connectivity index (χ3v) is 2.90. The minimum absolute atomic E-state index is 0.184. The zero-order valence-corrected chi connectivity index (χ0v) is 10.9. The molecule has 4 nitrogen and oxygen atoms in total. The second-order valence-electron chi connectivity index (χ2n) is 3.70. The Labute approximate surface area is 115 Å². The van der Waals surface area contributed by atoms with E-state index < -0.39 is 17.6 Å². The first kappa shape index (κ1) is 14.5. The van der Waals surface area contributed by atoms with Crippen molar-refractivity contribution in [3.8, 4) is 11.4 Å². The molecule has 20 heavy (non-hydrogen) atoms. The number of thioether (sulfide) groups is 1. The van der Waals surface area contributed by atoms with Gasteiger partial charge in [-0.1, -0.05) is 11.8 Å². The Morgan fingerprint density at radius 2 is 1.85 bits per heavy atom. The second kappa shape index (κ2) is 5.23. The highest BCUT2D eigenvalue weighted by Crippen LogP contribution is 2.33. The van der Waals surface area contributed by atoms with Gasteiger partial charge in [0.2, 0.25) is 5.95 Å². The maximum atomic E-state index is 13.7. The van der Waals surface area contributed by atoms with Crippen molar-refractivity contribution in [2.45, 2.75) is 11.3 Å². The minimum Gasteiger partial charge on any atom is -0.368 e. The van der Waals surface area contributed by atoms with Crippen LogP contribution < -0.4 is 5.73 Å². The van der Waals surface area contributed by atoms with Gasteiger partial charge in [0.05, 0.1) is 11.1 Å². The van der Waals surface area contributed by atoms with Crippen LogP contribution >= 0.6 is 11.8 Å². The van der Waals surface area contributed by atoms with Crippen LogP contribution in [0.25, 0.3) is 11.4 Å². The van der Waals surface area contributed by atoms with E-state index in [4.69, 9.17) is 5.73 Å². The number of hydrogen-bond acceptors (Lipinski definition) is 5. The average molecular weight is 304 g/mol. The van der Waals surface area contributed by atoms with Crippen molar-refractivity contribution < 1.29 is 17.6 Å². The lowest BCUT2D eigenvalue weighted by Crippen LogP contribution is -2.07. The lowest BCUT2D eigenvalue weighted by molar-refractivity contribution is -0.137. The molecule has 0 fully saturated rings. The summed E-state index contributed by atoms with van der Waals surface area (Å²) in [4.78, 5) is 11.3. The molecule has 0 spiro atoms. The van der Waals surface area contributed by atoms with Gasteiger partial charge in [-0.3, -0.25) is 0 Å². The summed E-state index contributed by atoms with van der Waals surface area (Å²) in [6.07, 6.45) is -2.93. The number of hydrogen-bond donors (Lipinski definition) is 1. The SMILES string of the molecule is CSc1nc(N)nc(-c2cc(C(F)(F)F)ccc2F)n1. The first-order chi connectivity index (χ1) is 9.31. The Balaban J connectivity index is 2.60. The number of nitrogens with zero attached hydrogens (tertiary/aromatic N) is 3. The van der Waals surface area contributed by atoms with Crippen molar-refractivity contribution in [3.63, 3.8) is 0 Å². The lowest BCUT2D eigenvalue weighted by Gasteiger charge is -2.09. The molecule has 0 aliphatic carbocycles. The van der Waals surface area contributed by atoms with Crippen LogP contribution in [-0.2, 0) is 6.18 Å². The number of anilines is 1. The number of benzene rings is 1. The summed E-state index contributed by atoms with van der Waals surface area (Å²) in [5, 5.41) is 0.198. The summed E-state index contributed by atoms with van der Waals surface area (Å²) in [6.45, 7) is 0. The van der Waals surface area contributed by atoms with E-state index in [0.717, 1.165) is 17.8 Å². The van der Waals surface area contributed by atoms with Crippen LogP contribution in [0, 0.1) is 5.82 Å². The third kappa shape index (κ3) is 2.98. The summed E-state index contributed by atoms with van der Waals surface area (Å²) in [6, 6.07) is 2.02. The van der Waals surface area contributed by atoms with Crippen molar-refractivity contribution in [2.24, 2.45) is 0 Å². The molecule has 0 bridgehead atoms. The fourth-order valence-corrected chi connectivity index (χ4v) is 1.82. The van der Waals surface area contributed by atoms with Gasteiger partial charge < -0.3 is 5.73 Å². The Hall–Kier alpha value is -1.90. The zero-order valence-electron chi connectivity index (χ0n) is 10.1. The van der Waals surface area contributed by atoms with Crippen LogP contribution in [0.4, 0.5) is 23.5 Å². The van der Waals surface area contributed by atoms with Gasteiger partial charge in [-0.15, -0.1) is 0 Å². The first-order valence-corrected chi connectivity index (χ1v) is 6.46. The van der Waals surface area contributed by atoms with Crippen molar-refractivity contribution in [1.29, 1.82) is 0 Å². The molecule has 0 atom stereocenters. The third-order valence-electron chi connectivity index (χ3n) is 2.35. The average Bonchev–Trinajstić information content (AvgIpc) is 2.37. The van der Waals surface area contributed by atoms with Crippen LogP contribution in [0.15, 0.2) is 23.4 Å². The summed E-state index contributed by atoms with van der Waals surface area (Å²) in [5.41, 5.74) is 4.07. The fraction of sp³-hybridized carbons (Fsp3) is 0.182. The number of halogens is 4. The molecule has 0 aliphatic rings. The van der Waals surface area contributed by atoms with Crippen molar-refractivity contribution in [1.82, 2.24) is 15.0 Å². The molecular weight excluding hydrogens is 296 g/mol. The molecule has 9 heteroatoms. The smallest absolute Gasteiger partial charge is 0.368 e. The van der Waals surface area contributed by atoms with E-state index >= 15 is 0 Å². The van der Waals surface area contributed by atoms with Gasteiger partial charge in [-0.2, -0.15) is 23.1 Å². The van der Waals surface area contributed by atoms with Crippen molar-refractivity contribution in [2.75, 3.05) is 12.0 Å². The van der Waals surface area contributed by atoms with E-state index in [1.807, 2.05) is 0 Å². The molecule has 106 valence electrons. The minimum atomic E-state index is -4.58. The molecule has 1 aromatic heterocycles. The summed E-state index contributed by atoms with van der Waals surface area (Å²) in [5.74, 6) is -1.28. The normalized spacial score (nSPS) is 11.7. The van der Waals surface area contributed by atoms with E-state index in [2.05, 4.69) is 15.0 Å². The van der Waals surface area contributed by atoms with Gasteiger partial charge in [0.15, 0.2) is 11.0 Å². The number of aromatic nitrogens is 3. The molecule has 0 saturated heterocycles. The molecule has 0 saturated carbocycles. The van der Waals surface area contributed by atoms with E-state index in [0.29, 0.717) is 12.1 Å². The predicted octanol–water partition coefficient (Wildman–Crippen LogP) is 3.00. The molecular formula is C11H8F4N4S. The molecule has 1 aromatic carbocycles. The maximum absolute atomic E-state index is 13.7. The Morgan fingerprint density at radius 3 is 2.45 bits per heavy atom. The van der Waals surface area contributed by atoms with Crippen molar-refractivity contribution in [3.05, 3.63) is 29.6 Å². The van der Waals surface area contributed by atoms with Gasteiger partial charge in [0, 0.05) is 0 Å². The molecule has 2 N–H and O–H groups in total. The zero-order chi connectivity index (χ0) is 14.9. The first-order valence-electron chi connectivity index (χ1n) is 5.24. The quantitative estimate of drug-likeness (QED) is 0.682. The molecule has 0 amide bonds. The number of alkyl halides is 3. The van der Waals surface area contributed by atoms with Crippen LogP contribution in [0.2, 0.25) is 0 Å². The molecule has 2 rings (SSSR count). The Bertz CT molecular complexity index is 645. The molecule has 0 radical (unpaired) electrons. The highest BCUT2D eigenvalue weighted by molar-refractivity contribution is 7.98. The number of rotatable bonds is 2. The maximum Gasteiger partial charge on any atom is 0.416 e. The highest BCUT2D eigenvalue weighted by Gasteiger charge is 2.31. The lowest BCUT2D eigenvalue weighted by atomic mass is 10.1. The van der Waals surface area contributed by atoms with E-state index in [1.54, 1.807) is 6.26 Å². The highest BCUT2D eigenvalue weighted by atomic mass is 32.2. The van der Waals surface area contributed by atoms with E-state index in [1.165, 1.54) is 0 Å². The van der Waals surface area contributed by atoms with Crippen LogP contribution in [0.5, 0.6) is 0 Å². The predicted molar refractivity (Wildman–Crippen MR) is 66.4 cm³/mol. The second-order valence-corrected chi connectivity index (χ2v) is 4.47. The Morgan fingerprint density at radius 1 is 1.15 bits per heavy atom. The van der Waals surface area contributed by atoms with Gasteiger partial charge in [0.25, 0.3) is 0 Å². The van der Waals surface area contributed by atoms with Gasteiger partial charge in [0.1, 0.15) is 5.82 Å². The van der Waals surface area contributed by atoms with Crippen molar-refractivity contribution >= 4 is 17.7 Å². The molecule has 2 aromatic rings. The van der Waals surface area contributed by atoms with Gasteiger partial charge >= 0.3 is 6.18 Å². The van der Waals surface area contributed by atoms with E-state index in [9.17, 15) is 17.6 Å². The summed E-state index contributed by atoms with van der Waals surface area (Å²) < 4.78 is 51.6. The molecule has 1 heterocycles.